The minimum Gasteiger partial charge on any atom is -0.477 e. The van der Waals surface area contributed by atoms with Gasteiger partial charge in [-0.2, -0.15) is 5.10 Å². The highest BCUT2D eigenvalue weighted by molar-refractivity contribution is 7.98. The number of hydrogen-bond donors (Lipinski definition) is 3. The summed E-state index contributed by atoms with van der Waals surface area (Å²) in [5, 5.41) is 19.0. The number of hydrogen-bond acceptors (Lipinski definition) is 5. The standard InChI is InChI=1S/C21H17N5O3S/c1-30-16-7-5-14(6-8-16)24-21(29)25-15-4-2-3-13(11-15)18-9-10-22-19-17(20(27)28)12-23-26(18)19/h2-12H,1H3,(H,27,28)(H2,24,25,29). The summed E-state index contributed by atoms with van der Waals surface area (Å²) >= 11 is 1.63. The van der Waals surface area contributed by atoms with Crippen molar-refractivity contribution in [2.45, 2.75) is 4.90 Å². The van der Waals surface area contributed by atoms with Gasteiger partial charge in [-0.15, -0.1) is 11.8 Å². The molecule has 0 saturated carbocycles. The molecule has 0 aliphatic rings. The molecule has 2 aromatic carbocycles. The van der Waals surface area contributed by atoms with Crippen molar-refractivity contribution in [3.05, 3.63) is 72.6 Å². The fraction of sp³-hybridized carbons (Fsp3) is 0.0476. The van der Waals surface area contributed by atoms with Crippen LogP contribution in [0.25, 0.3) is 16.9 Å². The lowest BCUT2D eigenvalue weighted by Crippen LogP contribution is -2.19. The van der Waals surface area contributed by atoms with Crippen molar-refractivity contribution in [1.82, 2.24) is 14.6 Å². The van der Waals surface area contributed by atoms with Crippen LogP contribution in [0.2, 0.25) is 0 Å². The Hall–Kier alpha value is -3.85. The average molecular weight is 419 g/mol. The SMILES string of the molecule is CSc1ccc(NC(=O)Nc2cccc(-c3ccnc4c(C(=O)O)cnn34)c2)cc1. The summed E-state index contributed by atoms with van der Waals surface area (Å²) < 4.78 is 1.47. The number of nitrogens with one attached hydrogen (secondary N) is 2. The number of fused-ring (bicyclic) bond motifs is 1. The first-order valence-corrected chi connectivity index (χ1v) is 10.2. The van der Waals surface area contributed by atoms with Crippen molar-refractivity contribution >= 4 is 40.8 Å². The van der Waals surface area contributed by atoms with Crippen LogP contribution in [0.5, 0.6) is 0 Å². The zero-order chi connectivity index (χ0) is 21.1. The van der Waals surface area contributed by atoms with Crippen molar-refractivity contribution in [1.29, 1.82) is 0 Å². The molecule has 2 heterocycles. The second kappa shape index (κ2) is 8.26. The number of carbonyl (C=O) groups is 2. The van der Waals surface area contributed by atoms with Gasteiger partial charge in [0.25, 0.3) is 0 Å². The van der Waals surface area contributed by atoms with Crippen LogP contribution in [0.15, 0.2) is 71.9 Å². The molecule has 0 aliphatic heterocycles. The molecule has 30 heavy (non-hydrogen) atoms. The number of carboxylic acids is 1. The van der Waals surface area contributed by atoms with E-state index < -0.39 is 5.97 Å². The monoisotopic (exact) mass is 419 g/mol. The van der Waals surface area contributed by atoms with E-state index in [1.807, 2.05) is 36.6 Å². The predicted octanol–water partition coefficient (Wildman–Crippen LogP) is 4.46. The van der Waals surface area contributed by atoms with Crippen molar-refractivity contribution in [3.8, 4) is 11.3 Å². The Morgan fingerprint density at radius 1 is 1.03 bits per heavy atom. The van der Waals surface area contributed by atoms with Crippen LogP contribution in [-0.2, 0) is 0 Å². The summed E-state index contributed by atoms with van der Waals surface area (Å²) in [7, 11) is 0. The first-order chi connectivity index (χ1) is 14.5. The Kier molecular flexibility index (Phi) is 5.36. The quantitative estimate of drug-likeness (QED) is 0.412. The number of anilines is 2. The third kappa shape index (κ3) is 3.96. The number of nitrogens with zero attached hydrogens (tertiary/aromatic N) is 3. The van der Waals surface area contributed by atoms with Gasteiger partial charge in [0.05, 0.1) is 11.9 Å². The van der Waals surface area contributed by atoms with E-state index in [0.717, 1.165) is 10.5 Å². The van der Waals surface area contributed by atoms with Crippen LogP contribution in [0.4, 0.5) is 16.2 Å². The second-order valence-corrected chi connectivity index (χ2v) is 7.20. The predicted molar refractivity (Wildman–Crippen MR) is 116 cm³/mol. The van der Waals surface area contributed by atoms with E-state index in [-0.39, 0.29) is 17.2 Å². The van der Waals surface area contributed by atoms with Gasteiger partial charge < -0.3 is 15.7 Å². The number of urea groups is 1. The molecule has 0 saturated heterocycles. The maximum atomic E-state index is 12.4. The molecule has 8 nitrogen and oxygen atoms in total. The van der Waals surface area contributed by atoms with Crippen LogP contribution < -0.4 is 10.6 Å². The Balaban J connectivity index is 1.56. The lowest BCUT2D eigenvalue weighted by molar-refractivity contribution is 0.0698. The van der Waals surface area contributed by atoms with E-state index in [9.17, 15) is 14.7 Å². The van der Waals surface area contributed by atoms with Gasteiger partial charge in [-0.05, 0) is 48.7 Å². The van der Waals surface area contributed by atoms with E-state index in [1.165, 1.54) is 16.9 Å². The molecular formula is C21H17N5O3S. The molecule has 3 N–H and O–H groups in total. The highest BCUT2D eigenvalue weighted by Gasteiger charge is 2.15. The maximum absolute atomic E-state index is 12.4. The lowest BCUT2D eigenvalue weighted by atomic mass is 10.1. The zero-order valence-electron chi connectivity index (χ0n) is 15.9. The van der Waals surface area contributed by atoms with Crippen LogP contribution >= 0.6 is 11.8 Å². The smallest absolute Gasteiger partial charge is 0.341 e. The molecule has 0 fully saturated rings. The normalized spacial score (nSPS) is 10.7. The first-order valence-electron chi connectivity index (χ1n) is 8.93. The highest BCUT2D eigenvalue weighted by Crippen LogP contribution is 2.24. The summed E-state index contributed by atoms with van der Waals surface area (Å²) in [5.74, 6) is -1.09. The summed E-state index contributed by atoms with van der Waals surface area (Å²) in [5.41, 5.74) is 2.97. The van der Waals surface area contributed by atoms with E-state index in [1.54, 1.807) is 36.0 Å². The Morgan fingerprint density at radius 3 is 2.53 bits per heavy atom. The summed E-state index contributed by atoms with van der Waals surface area (Å²) in [4.78, 5) is 28.9. The van der Waals surface area contributed by atoms with Gasteiger partial charge >= 0.3 is 12.0 Å². The van der Waals surface area contributed by atoms with E-state index in [2.05, 4.69) is 20.7 Å². The summed E-state index contributed by atoms with van der Waals surface area (Å²) in [6.07, 6.45) is 4.79. The number of rotatable bonds is 5. The Labute approximate surface area is 176 Å². The van der Waals surface area contributed by atoms with Crippen LogP contribution in [0.1, 0.15) is 10.4 Å². The molecule has 2 amide bonds. The van der Waals surface area contributed by atoms with Crippen molar-refractivity contribution in [2.75, 3.05) is 16.9 Å². The average Bonchev–Trinajstić information content (AvgIpc) is 3.19. The number of amides is 2. The number of carbonyl (C=O) groups excluding carboxylic acids is 1. The summed E-state index contributed by atoms with van der Waals surface area (Å²) in [6.45, 7) is 0. The zero-order valence-corrected chi connectivity index (χ0v) is 16.7. The fourth-order valence-corrected chi connectivity index (χ4v) is 3.39. The van der Waals surface area contributed by atoms with Crippen molar-refractivity contribution in [2.24, 2.45) is 0 Å². The molecule has 0 atom stereocenters. The van der Waals surface area contributed by atoms with Gasteiger partial charge in [0.15, 0.2) is 5.65 Å². The topological polar surface area (TPSA) is 109 Å². The van der Waals surface area contributed by atoms with E-state index in [4.69, 9.17) is 0 Å². The minimum absolute atomic E-state index is 0.0259. The molecular weight excluding hydrogens is 402 g/mol. The number of benzene rings is 2. The van der Waals surface area contributed by atoms with Crippen molar-refractivity contribution in [3.63, 3.8) is 0 Å². The van der Waals surface area contributed by atoms with Crippen molar-refractivity contribution < 1.29 is 14.7 Å². The number of aromatic carboxylic acids is 1. The molecule has 0 radical (unpaired) electrons. The molecule has 2 aromatic heterocycles. The van der Waals surface area contributed by atoms with Crippen LogP contribution in [0.3, 0.4) is 0 Å². The largest absolute Gasteiger partial charge is 0.477 e. The molecule has 4 rings (SSSR count). The minimum atomic E-state index is -1.09. The fourth-order valence-electron chi connectivity index (χ4n) is 2.99. The first kappa shape index (κ1) is 19.5. The Morgan fingerprint density at radius 2 is 1.80 bits per heavy atom. The Bertz CT molecular complexity index is 1240. The second-order valence-electron chi connectivity index (χ2n) is 6.32. The highest BCUT2D eigenvalue weighted by atomic mass is 32.2. The molecule has 150 valence electrons. The third-order valence-electron chi connectivity index (χ3n) is 4.40. The van der Waals surface area contributed by atoms with Crippen LogP contribution in [0, 0.1) is 0 Å². The number of carboxylic acid groups (broad SMARTS) is 1. The molecule has 0 bridgehead atoms. The molecule has 4 aromatic rings. The van der Waals surface area contributed by atoms with Gasteiger partial charge in [-0.1, -0.05) is 12.1 Å². The lowest BCUT2D eigenvalue weighted by Gasteiger charge is -2.10. The third-order valence-corrected chi connectivity index (χ3v) is 5.14. The molecule has 0 aliphatic carbocycles. The molecule has 9 heteroatoms. The maximum Gasteiger partial charge on any atom is 0.341 e. The number of thioether (sulfide) groups is 1. The van der Waals surface area contributed by atoms with Gasteiger partial charge in [0, 0.05) is 28.0 Å². The molecule has 0 spiro atoms. The van der Waals surface area contributed by atoms with Crippen LogP contribution in [-0.4, -0.2) is 38.0 Å². The van der Waals surface area contributed by atoms with E-state index >= 15 is 0 Å². The van der Waals surface area contributed by atoms with Gasteiger partial charge in [-0.25, -0.2) is 19.1 Å². The van der Waals surface area contributed by atoms with E-state index in [0.29, 0.717) is 17.1 Å². The van der Waals surface area contributed by atoms with Gasteiger partial charge in [0.2, 0.25) is 0 Å². The van der Waals surface area contributed by atoms with Gasteiger partial charge in [0.1, 0.15) is 5.56 Å². The summed E-state index contributed by atoms with van der Waals surface area (Å²) in [6, 6.07) is 16.1. The van der Waals surface area contributed by atoms with Gasteiger partial charge in [-0.3, -0.25) is 0 Å². The molecule has 0 unspecified atom stereocenters. The number of aromatic nitrogens is 3.